The van der Waals surface area contributed by atoms with Crippen molar-refractivity contribution in [3.63, 3.8) is 0 Å². The summed E-state index contributed by atoms with van der Waals surface area (Å²) in [4.78, 5) is 0. The van der Waals surface area contributed by atoms with Gasteiger partial charge in [0.15, 0.2) is 0 Å². The summed E-state index contributed by atoms with van der Waals surface area (Å²) in [5.41, 5.74) is 6.68. The lowest BCUT2D eigenvalue weighted by atomic mass is 10.1. The number of hydrogen-bond acceptors (Lipinski definition) is 3. The Kier molecular flexibility index (Phi) is 5.08. The summed E-state index contributed by atoms with van der Waals surface area (Å²) in [5.74, 6) is 0.881. The predicted octanol–water partition coefficient (Wildman–Crippen LogP) is 5.06. The van der Waals surface area contributed by atoms with E-state index in [1.54, 1.807) is 25.3 Å². The van der Waals surface area contributed by atoms with E-state index in [0.717, 1.165) is 0 Å². The van der Waals surface area contributed by atoms with Gasteiger partial charge in [0.1, 0.15) is 23.1 Å². The molecule has 2 rings (SSSR count). The first-order valence-electron chi connectivity index (χ1n) is 6.19. The SMILES string of the molecule is COc1cccc(Oc2cc(F)c(Cl)cc2Br)c1[C@@H](C)N. The zero-order chi connectivity index (χ0) is 15.6. The van der Waals surface area contributed by atoms with E-state index in [-0.39, 0.29) is 11.1 Å². The van der Waals surface area contributed by atoms with Gasteiger partial charge >= 0.3 is 0 Å². The molecule has 0 aromatic heterocycles. The van der Waals surface area contributed by atoms with Gasteiger partial charge in [0.25, 0.3) is 0 Å². The second-order valence-electron chi connectivity index (χ2n) is 4.46. The Morgan fingerprint density at radius 3 is 2.52 bits per heavy atom. The number of halogens is 3. The maximum absolute atomic E-state index is 13.6. The maximum atomic E-state index is 13.6. The minimum absolute atomic E-state index is 0.0206. The number of ether oxygens (including phenoxy) is 2. The molecule has 112 valence electrons. The first-order valence-corrected chi connectivity index (χ1v) is 7.36. The molecule has 0 spiro atoms. The summed E-state index contributed by atoms with van der Waals surface area (Å²) in [6.07, 6.45) is 0. The highest BCUT2D eigenvalue weighted by Crippen LogP contribution is 2.39. The van der Waals surface area contributed by atoms with Crippen LogP contribution in [0.2, 0.25) is 5.02 Å². The van der Waals surface area contributed by atoms with Crippen LogP contribution >= 0.6 is 27.5 Å². The van der Waals surface area contributed by atoms with E-state index < -0.39 is 5.82 Å². The van der Waals surface area contributed by atoms with Crippen LogP contribution in [-0.4, -0.2) is 7.11 Å². The van der Waals surface area contributed by atoms with Crippen LogP contribution < -0.4 is 15.2 Å². The lowest BCUT2D eigenvalue weighted by Crippen LogP contribution is -2.08. The standard InChI is InChI=1S/C15H14BrClFNO2/c1-8(19)15-12(20-2)4-3-5-13(15)21-14-7-11(18)10(17)6-9(14)16/h3-8H,19H2,1-2H3/t8-/m1/s1. The molecule has 0 aliphatic carbocycles. The van der Waals surface area contributed by atoms with Gasteiger partial charge in [-0.25, -0.2) is 4.39 Å². The Morgan fingerprint density at radius 1 is 1.24 bits per heavy atom. The smallest absolute Gasteiger partial charge is 0.145 e. The molecule has 0 bridgehead atoms. The van der Waals surface area contributed by atoms with Crippen LogP contribution in [0.15, 0.2) is 34.8 Å². The lowest BCUT2D eigenvalue weighted by molar-refractivity contribution is 0.397. The molecule has 0 saturated carbocycles. The van der Waals surface area contributed by atoms with Crippen LogP contribution in [0.1, 0.15) is 18.5 Å². The monoisotopic (exact) mass is 373 g/mol. The molecule has 2 aromatic rings. The van der Waals surface area contributed by atoms with Gasteiger partial charge in [-0.3, -0.25) is 0 Å². The molecule has 0 heterocycles. The molecule has 3 nitrogen and oxygen atoms in total. The van der Waals surface area contributed by atoms with Crippen molar-refractivity contribution in [2.45, 2.75) is 13.0 Å². The Bertz CT molecular complexity index is 664. The topological polar surface area (TPSA) is 44.5 Å². The largest absolute Gasteiger partial charge is 0.496 e. The lowest BCUT2D eigenvalue weighted by Gasteiger charge is -2.17. The van der Waals surface area contributed by atoms with Crippen molar-refractivity contribution in [2.24, 2.45) is 5.73 Å². The van der Waals surface area contributed by atoms with Gasteiger partial charge < -0.3 is 15.2 Å². The van der Waals surface area contributed by atoms with E-state index in [9.17, 15) is 4.39 Å². The van der Waals surface area contributed by atoms with Crippen LogP contribution in [0.3, 0.4) is 0 Å². The minimum Gasteiger partial charge on any atom is -0.496 e. The van der Waals surface area contributed by atoms with Gasteiger partial charge in [0.05, 0.1) is 22.2 Å². The number of benzene rings is 2. The van der Waals surface area contributed by atoms with E-state index in [0.29, 0.717) is 27.3 Å². The molecule has 0 radical (unpaired) electrons. The number of methoxy groups -OCH3 is 1. The highest BCUT2D eigenvalue weighted by molar-refractivity contribution is 9.10. The highest BCUT2D eigenvalue weighted by Gasteiger charge is 2.17. The quantitative estimate of drug-likeness (QED) is 0.761. The molecule has 0 saturated heterocycles. The maximum Gasteiger partial charge on any atom is 0.145 e. The minimum atomic E-state index is -0.555. The van der Waals surface area contributed by atoms with E-state index in [1.807, 2.05) is 6.92 Å². The molecule has 1 atom stereocenters. The second-order valence-corrected chi connectivity index (χ2v) is 5.72. The third-order valence-electron chi connectivity index (χ3n) is 2.90. The first-order chi connectivity index (χ1) is 9.93. The number of hydrogen-bond donors (Lipinski definition) is 1. The molecule has 0 aliphatic heterocycles. The molecular weight excluding hydrogens is 361 g/mol. The molecule has 2 N–H and O–H groups in total. The normalized spacial score (nSPS) is 12.1. The Labute approximate surface area is 135 Å². The van der Waals surface area contributed by atoms with Gasteiger partial charge in [-0.15, -0.1) is 0 Å². The van der Waals surface area contributed by atoms with Gasteiger partial charge in [0.2, 0.25) is 0 Å². The molecule has 0 fully saturated rings. The Morgan fingerprint density at radius 2 is 1.90 bits per heavy atom. The van der Waals surface area contributed by atoms with Crippen molar-refractivity contribution in [3.05, 3.63) is 51.2 Å². The molecular formula is C15H14BrClFNO2. The molecule has 6 heteroatoms. The van der Waals surface area contributed by atoms with E-state index in [1.165, 1.54) is 12.1 Å². The van der Waals surface area contributed by atoms with Gasteiger partial charge in [-0.05, 0) is 41.1 Å². The fourth-order valence-corrected chi connectivity index (χ4v) is 2.66. The van der Waals surface area contributed by atoms with Crippen LogP contribution in [0.25, 0.3) is 0 Å². The van der Waals surface area contributed by atoms with Crippen molar-refractivity contribution < 1.29 is 13.9 Å². The summed E-state index contributed by atoms with van der Waals surface area (Å²) < 4.78 is 25.2. The molecule has 21 heavy (non-hydrogen) atoms. The summed E-state index contributed by atoms with van der Waals surface area (Å²) in [5, 5.41) is 0.0206. The van der Waals surface area contributed by atoms with Crippen LogP contribution in [-0.2, 0) is 0 Å². The number of nitrogens with two attached hydrogens (primary N) is 1. The average molecular weight is 375 g/mol. The van der Waals surface area contributed by atoms with Crippen molar-refractivity contribution in [3.8, 4) is 17.2 Å². The zero-order valence-corrected chi connectivity index (χ0v) is 13.8. The van der Waals surface area contributed by atoms with Gasteiger partial charge in [0, 0.05) is 12.1 Å². The fourth-order valence-electron chi connectivity index (χ4n) is 1.94. The highest BCUT2D eigenvalue weighted by atomic mass is 79.9. The molecule has 0 aliphatic rings. The second kappa shape index (κ2) is 6.64. The summed E-state index contributed by atoms with van der Waals surface area (Å²) in [7, 11) is 1.56. The summed E-state index contributed by atoms with van der Waals surface area (Å²) in [6, 6.07) is 7.69. The van der Waals surface area contributed by atoms with Crippen molar-refractivity contribution >= 4 is 27.5 Å². The third-order valence-corrected chi connectivity index (χ3v) is 3.81. The number of rotatable bonds is 4. The van der Waals surface area contributed by atoms with Gasteiger partial charge in [-0.2, -0.15) is 0 Å². The van der Waals surface area contributed by atoms with Crippen LogP contribution in [0.4, 0.5) is 4.39 Å². The average Bonchev–Trinajstić information content (AvgIpc) is 2.44. The fraction of sp³-hybridized carbons (Fsp3) is 0.200. The summed E-state index contributed by atoms with van der Waals surface area (Å²) in [6.45, 7) is 1.82. The summed E-state index contributed by atoms with van der Waals surface area (Å²) >= 11 is 9.02. The van der Waals surface area contributed by atoms with Gasteiger partial charge in [-0.1, -0.05) is 17.7 Å². The van der Waals surface area contributed by atoms with E-state index in [2.05, 4.69) is 15.9 Å². The van der Waals surface area contributed by atoms with E-state index >= 15 is 0 Å². The Hall–Kier alpha value is -1.30. The molecule has 2 aromatic carbocycles. The van der Waals surface area contributed by atoms with Crippen LogP contribution in [0, 0.1) is 5.82 Å². The van der Waals surface area contributed by atoms with Crippen molar-refractivity contribution in [2.75, 3.05) is 7.11 Å². The van der Waals surface area contributed by atoms with Crippen molar-refractivity contribution in [1.29, 1.82) is 0 Å². The first kappa shape index (κ1) is 16.1. The third kappa shape index (κ3) is 3.48. The zero-order valence-electron chi connectivity index (χ0n) is 11.5. The van der Waals surface area contributed by atoms with Crippen LogP contribution in [0.5, 0.6) is 17.2 Å². The molecule has 0 amide bonds. The van der Waals surface area contributed by atoms with Crippen molar-refractivity contribution in [1.82, 2.24) is 0 Å². The van der Waals surface area contributed by atoms with E-state index in [4.69, 9.17) is 26.8 Å². The Balaban J connectivity index is 2.47. The predicted molar refractivity (Wildman–Crippen MR) is 84.8 cm³/mol. The molecule has 0 unspecified atom stereocenters.